The number of alkyl halides is 3. The number of ether oxygens (including phenoxy) is 1. The number of hydrogen-bond donors (Lipinski definition) is 2. The molecule has 144 valence electrons. The fourth-order valence-corrected chi connectivity index (χ4v) is 3.42. The Hall–Kier alpha value is -2.28. The molecule has 1 aliphatic heterocycles. The summed E-state index contributed by atoms with van der Waals surface area (Å²) >= 11 is 5.37. The van der Waals surface area contributed by atoms with Crippen LogP contribution in [0.3, 0.4) is 0 Å². The minimum absolute atomic E-state index is 0.0567. The van der Waals surface area contributed by atoms with Crippen molar-refractivity contribution in [3.63, 3.8) is 0 Å². The molecule has 0 bridgehead atoms. The SMILES string of the molecule is Cc1ccc2c(c1)OC(C)(C)CC2NC(=S)Nc1ccc(C(F)(F)F)cc1. The number of aryl methyl sites for hydroxylation is 1. The number of hydrogen-bond acceptors (Lipinski definition) is 2. The Labute approximate surface area is 161 Å². The van der Waals surface area contributed by atoms with E-state index in [4.69, 9.17) is 17.0 Å². The lowest BCUT2D eigenvalue weighted by Gasteiger charge is -2.38. The highest BCUT2D eigenvalue weighted by Crippen LogP contribution is 2.40. The van der Waals surface area contributed by atoms with Gasteiger partial charge in [0.25, 0.3) is 0 Å². The fourth-order valence-electron chi connectivity index (χ4n) is 3.16. The third kappa shape index (κ3) is 4.71. The van der Waals surface area contributed by atoms with E-state index in [-0.39, 0.29) is 11.6 Å². The molecule has 0 spiro atoms. The van der Waals surface area contributed by atoms with Crippen LogP contribution >= 0.6 is 12.2 Å². The van der Waals surface area contributed by atoms with Crippen LogP contribution in [0, 0.1) is 6.92 Å². The molecule has 1 unspecified atom stereocenters. The van der Waals surface area contributed by atoms with E-state index in [0.717, 1.165) is 29.0 Å². The van der Waals surface area contributed by atoms with Crippen LogP contribution in [0.5, 0.6) is 5.75 Å². The summed E-state index contributed by atoms with van der Waals surface area (Å²) < 4.78 is 44.1. The molecule has 2 N–H and O–H groups in total. The lowest BCUT2D eigenvalue weighted by Crippen LogP contribution is -2.42. The molecule has 0 saturated carbocycles. The van der Waals surface area contributed by atoms with Gasteiger partial charge in [-0.3, -0.25) is 0 Å². The largest absolute Gasteiger partial charge is 0.487 e. The first-order valence-corrected chi connectivity index (χ1v) is 8.99. The number of thiocarbonyl (C=S) groups is 1. The summed E-state index contributed by atoms with van der Waals surface area (Å²) in [5, 5.41) is 6.56. The monoisotopic (exact) mass is 394 g/mol. The predicted molar refractivity (Wildman–Crippen MR) is 104 cm³/mol. The van der Waals surface area contributed by atoms with Crippen molar-refractivity contribution in [1.82, 2.24) is 5.32 Å². The molecule has 0 aromatic heterocycles. The zero-order chi connectivity index (χ0) is 19.8. The van der Waals surface area contributed by atoms with Crippen LogP contribution in [0.25, 0.3) is 0 Å². The smallest absolute Gasteiger partial charge is 0.416 e. The van der Waals surface area contributed by atoms with Gasteiger partial charge in [0.2, 0.25) is 0 Å². The second-order valence-corrected chi connectivity index (χ2v) is 7.74. The molecule has 1 heterocycles. The second kappa shape index (κ2) is 7.03. The van der Waals surface area contributed by atoms with Crippen molar-refractivity contribution in [1.29, 1.82) is 0 Å². The van der Waals surface area contributed by atoms with E-state index < -0.39 is 11.7 Å². The van der Waals surface area contributed by atoms with Crippen LogP contribution in [-0.2, 0) is 6.18 Å². The van der Waals surface area contributed by atoms with Gasteiger partial charge in [0.15, 0.2) is 5.11 Å². The molecule has 3 rings (SSSR count). The molecule has 0 fully saturated rings. The Morgan fingerprint density at radius 1 is 1.15 bits per heavy atom. The normalized spacial score (nSPS) is 18.2. The Bertz CT molecular complexity index is 847. The Balaban J connectivity index is 1.72. The minimum atomic E-state index is -4.35. The molecule has 1 aliphatic rings. The summed E-state index contributed by atoms with van der Waals surface area (Å²) in [6, 6.07) is 10.8. The highest BCUT2D eigenvalue weighted by molar-refractivity contribution is 7.80. The number of fused-ring (bicyclic) bond motifs is 1. The molecular weight excluding hydrogens is 373 g/mol. The van der Waals surface area contributed by atoms with Gasteiger partial charge in [0, 0.05) is 17.7 Å². The summed E-state index contributed by atoms with van der Waals surface area (Å²) in [5.74, 6) is 0.820. The maximum Gasteiger partial charge on any atom is 0.416 e. The number of anilines is 1. The molecule has 0 aliphatic carbocycles. The van der Waals surface area contributed by atoms with E-state index in [9.17, 15) is 13.2 Å². The molecule has 2 aromatic carbocycles. The van der Waals surface area contributed by atoms with Crippen LogP contribution < -0.4 is 15.4 Å². The average molecular weight is 394 g/mol. The van der Waals surface area contributed by atoms with Crippen molar-refractivity contribution in [3.8, 4) is 5.75 Å². The number of benzene rings is 2. The van der Waals surface area contributed by atoms with Gasteiger partial charge in [-0.15, -0.1) is 0 Å². The Morgan fingerprint density at radius 2 is 1.81 bits per heavy atom. The van der Waals surface area contributed by atoms with E-state index in [2.05, 4.69) is 10.6 Å². The van der Waals surface area contributed by atoms with Crippen molar-refractivity contribution in [2.45, 2.75) is 45.0 Å². The van der Waals surface area contributed by atoms with Crippen LogP contribution in [0.15, 0.2) is 42.5 Å². The lowest BCUT2D eigenvalue weighted by atomic mass is 9.89. The first-order valence-electron chi connectivity index (χ1n) is 8.58. The fraction of sp³-hybridized carbons (Fsp3) is 0.350. The van der Waals surface area contributed by atoms with E-state index in [1.807, 2.05) is 39.0 Å². The molecule has 3 nitrogen and oxygen atoms in total. The number of nitrogens with one attached hydrogen (secondary N) is 2. The molecule has 2 aromatic rings. The maximum absolute atomic E-state index is 12.7. The van der Waals surface area contributed by atoms with Crippen LogP contribution in [0.2, 0.25) is 0 Å². The molecule has 0 saturated heterocycles. The van der Waals surface area contributed by atoms with Gasteiger partial charge in [-0.2, -0.15) is 13.2 Å². The Kier molecular flexibility index (Phi) is 5.08. The topological polar surface area (TPSA) is 33.3 Å². The lowest BCUT2D eigenvalue weighted by molar-refractivity contribution is -0.137. The number of halogens is 3. The van der Waals surface area contributed by atoms with Crippen LogP contribution in [-0.4, -0.2) is 10.7 Å². The van der Waals surface area contributed by atoms with E-state index in [0.29, 0.717) is 17.2 Å². The predicted octanol–water partition coefficient (Wildman–Crippen LogP) is 5.60. The Morgan fingerprint density at radius 3 is 2.44 bits per heavy atom. The van der Waals surface area contributed by atoms with Gasteiger partial charge in [-0.05, 0) is 68.9 Å². The zero-order valence-corrected chi connectivity index (χ0v) is 16.1. The van der Waals surface area contributed by atoms with Gasteiger partial charge in [0.1, 0.15) is 11.4 Å². The minimum Gasteiger partial charge on any atom is -0.487 e. The maximum atomic E-state index is 12.7. The van der Waals surface area contributed by atoms with Gasteiger partial charge < -0.3 is 15.4 Å². The highest BCUT2D eigenvalue weighted by Gasteiger charge is 2.34. The molecule has 7 heteroatoms. The van der Waals surface area contributed by atoms with Gasteiger partial charge in [-0.1, -0.05) is 12.1 Å². The van der Waals surface area contributed by atoms with Crippen molar-refractivity contribution in [2.75, 3.05) is 5.32 Å². The molecule has 27 heavy (non-hydrogen) atoms. The van der Waals surface area contributed by atoms with Gasteiger partial charge in [0.05, 0.1) is 11.6 Å². The van der Waals surface area contributed by atoms with E-state index >= 15 is 0 Å². The summed E-state index contributed by atoms with van der Waals surface area (Å²) in [4.78, 5) is 0. The molecular formula is C20H21F3N2OS. The second-order valence-electron chi connectivity index (χ2n) is 7.33. The van der Waals surface area contributed by atoms with Crippen molar-refractivity contribution >= 4 is 23.0 Å². The zero-order valence-electron chi connectivity index (χ0n) is 15.3. The van der Waals surface area contributed by atoms with Crippen molar-refractivity contribution < 1.29 is 17.9 Å². The van der Waals surface area contributed by atoms with E-state index in [1.165, 1.54) is 12.1 Å². The number of rotatable bonds is 2. The van der Waals surface area contributed by atoms with Crippen molar-refractivity contribution in [2.24, 2.45) is 0 Å². The van der Waals surface area contributed by atoms with Crippen LogP contribution in [0.4, 0.5) is 18.9 Å². The summed E-state index contributed by atoms with van der Waals surface area (Å²) in [5.41, 5.74) is 1.56. The molecule has 0 radical (unpaired) electrons. The quantitative estimate of drug-likeness (QED) is 0.650. The summed E-state index contributed by atoms with van der Waals surface area (Å²) in [7, 11) is 0. The first-order chi connectivity index (χ1) is 12.5. The standard InChI is InChI=1S/C20H21F3N2OS/c1-12-4-9-15-16(11-19(2,3)26-17(15)10-12)25-18(27)24-14-7-5-13(6-8-14)20(21,22)23/h4-10,16H,11H2,1-3H3,(H2,24,25,27). The average Bonchev–Trinajstić information content (AvgIpc) is 2.52. The summed E-state index contributed by atoms with van der Waals surface area (Å²) in [6.45, 7) is 6.03. The molecule has 1 atom stereocenters. The highest BCUT2D eigenvalue weighted by atomic mass is 32.1. The van der Waals surface area contributed by atoms with Crippen LogP contribution in [0.1, 0.15) is 43.0 Å². The summed E-state index contributed by atoms with van der Waals surface area (Å²) in [6.07, 6.45) is -3.65. The van der Waals surface area contributed by atoms with Gasteiger partial charge in [-0.25, -0.2) is 0 Å². The molecule has 0 amide bonds. The van der Waals surface area contributed by atoms with E-state index in [1.54, 1.807) is 0 Å². The third-order valence-corrected chi connectivity index (χ3v) is 4.62. The van der Waals surface area contributed by atoms with Gasteiger partial charge >= 0.3 is 6.18 Å². The third-order valence-electron chi connectivity index (χ3n) is 4.40. The van der Waals surface area contributed by atoms with Crippen molar-refractivity contribution in [3.05, 3.63) is 59.2 Å². The first kappa shape index (κ1) is 19.5.